The molecule has 1 unspecified atom stereocenters. The molecule has 3 heterocycles. The Balaban J connectivity index is 0.00000324. The molecular weight excluding hydrogens is 478 g/mol. The predicted octanol–water partition coefficient (Wildman–Crippen LogP) is 1.22. The van der Waals surface area contributed by atoms with Crippen molar-refractivity contribution < 1.29 is 23.4 Å². The van der Waals surface area contributed by atoms with E-state index in [0.29, 0.717) is 11.4 Å². The van der Waals surface area contributed by atoms with E-state index in [-0.39, 0.29) is 48.4 Å². The molecule has 4 rings (SSSR count). The number of aliphatic carboxylic acids is 1. The zero-order chi connectivity index (χ0) is 23.5. The molecule has 34 heavy (non-hydrogen) atoms. The molecule has 0 saturated heterocycles. The summed E-state index contributed by atoms with van der Waals surface area (Å²) < 4.78 is 35.8. The standard InChI is InChI=1S/C18H16F2N10O3.ClH/c1-29-17(24-26-28-29)9-4-14(20)18(22-7-9)33-11-2-3-12(13(19)6-11)16-23-27-30(25-16)8-10(21)5-15(31)32;/h2-4,6-7,10H,5,8,21H2,1H3,(H,31,32);1H. The summed E-state index contributed by atoms with van der Waals surface area (Å²) in [4.78, 5) is 15.7. The lowest BCUT2D eigenvalue weighted by Gasteiger charge is -2.08. The van der Waals surface area contributed by atoms with Crippen LogP contribution in [0.5, 0.6) is 11.6 Å². The lowest BCUT2D eigenvalue weighted by atomic mass is 10.2. The number of nitrogens with zero attached hydrogens (tertiary/aromatic N) is 9. The SMILES string of the molecule is Cl.Cn1nnnc1-c1cnc(Oc2ccc(-c3nnn(CC(N)CC(=O)O)n3)c(F)c2)c(F)c1. The number of hydrogen-bond donors (Lipinski definition) is 2. The number of carboxylic acid groups (broad SMARTS) is 1. The Morgan fingerprint density at radius 2 is 2.00 bits per heavy atom. The summed E-state index contributed by atoms with van der Waals surface area (Å²) >= 11 is 0. The Labute approximate surface area is 196 Å². The van der Waals surface area contributed by atoms with E-state index in [2.05, 4.69) is 35.9 Å². The second-order valence-electron chi connectivity index (χ2n) is 6.91. The van der Waals surface area contributed by atoms with Crippen molar-refractivity contribution in [3.63, 3.8) is 0 Å². The molecule has 1 atom stereocenters. The number of aryl methyl sites for hydroxylation is 1. The van der Waals surface area contributed by atoms with Crippen molar-refractivity contribution in [2.24, 2.45) is 12.8 Å². The zero-order valence-electron chi connectivity index (χ0n) is 17.4. The van der Waals surface area contributed by atoms with Crippen LogP contribution in [0.4, 0.5) is 8.78 Å². The van der Waals surface area contributed by atoms with Crippen LogP contribution in [0.15, 0.2) is 30.5 Å². The van der Waals surface area contributed by atoms with Crippen molar-refractivity contribution >= 4 is 18.4 Å². The molecule has 3 N–H and O–H groups in total. The van der Waals surface area contributed by atoms with Crippen LogP contribution in [-0.4, -0.2) is 62.5 Å². The first-order valence-electron chi connectivity index (χ1n) is 9.41. The zero-order valence-corrected chi connectivity index (χ0v) is 18.2. The van der Waals surface area contributed by atoms with E-state index in [1.807, 2.05) is 0 Å². The molecule has 1 aromatic carbocycles. The van der Waals surface area contributed by atoms with Crippen LogP contribution < -0.4 is 10.5 Å². The number of tetrazole rings is 2. The topological polar surface area (TPSA) is 173 Å². The third kappa shape index (κ3) is 5.44. The average Bonchev–Trinajstić information content (AvgIpc) is 3.38. The van der Waals surface area contributed by atoms with Crippen molar-refractivity contribution in [3.05, 3.63) is 42.1 Å². The third-order valence-corrected chi connectivity index (χ3v) is 4.37. The number of aromatic nitrogens is 9. The molecular formula is C18H17ClF2N10O3. The van der Waals surface area contributed by atoms with Crippen LogP contribution in [0.2, 0.25) is 0 Å². The van der Waals surface area contributed by atoms with Gasteiger partial charge in [-0.25, -0.2) is 18.4 Å². The van der Waals surface area contributed by atoms with E-state index in [1.54, 1.807) is 7.05 Å². The maximum absolute atomic E-state index is 14.6. The Bertz CT molecular complexity index is 1310. The van der Waals surface area contributed by atoms with E-state index in [4.69, 9.17) is 15.6 Å². The average molecular weight is 495 g/mol. The first kappa shape index (κ1) is 24.5. The van der Waals surface area contributed by atoms with Gasteiger partial charge in [0.1, 0.15) is 11.6 Å². The summed E-state index contributed by atoms with van der Waals surface area (Å²) in [5, 5.41) is 31.2. The summed E-state index contributed by atoms with van der Waals surface area (Å²) in [6, 6.07) is 4.16. The van der Waals surface area contributed by atoms with Crippen LogP contribution in [-0.2, 0) is 18.4 Å². The van der Waals surface area contributed by atoms with Crippen molar-refractivity contribution in [2.75, 3.05) is 0 Å². The smallest absolute Gasteiger partial charge is 0.304 e. The van der Waals surface area contributed by atoms with Gasteiger partial charge in [0.25, 0.3) is 5.88 Å². The van der Waals surface area contributed by atoms with Gasteiger partial charge in [0.05, 0.1) is 18.5 Å². The number of rotatable bonds is 8. The van der Waals surface area contributed by atoms with Gasteiger partial charge in [-0.1, -0.05) is 0 Å². The van der Waals surface area contributed by atoms with Crippen LogP contribution in [0.3, 0.4) is 0 Å². The van der Waals surface area contributed by atoms with Gasteiger partial charge in [-0.2, -0.15) is 4.80 Å². The Hall–Kier alpha value is -4.11. The molecule has 0 saturated carbocycles. The van der Waals surface area contributed by atoms with E-state index in [0.717, 1.165) is 16.9 Å². The van der Waals surface area contributed by atoms with Crippen molar-refractivity contribution in [1.29, 1.82) is 0 Å². The van der Waals surface area contributed by atoms with Crippen LogP contribution in [0, 0.1) is 11.6 Å². The van der Waals surface area contributed by atoms with Gasteiger partial charge in [-0.3, -0.25) is 4.79 Å². The highest BCUT2D eigenvalue weighted by Crippen LogP contribution is 2.28. The fraction of sp³-hybridized carbons (Fsp3) is 0.222. The molecule has 0 amide bonds. The van der Waals surface area contributed by atoms with Crippen LogP contribution in [0.1, 0.15) is 6.42 Å². The second-order valence-corrected chi connectivity index (χ2v) is 6.91. The molecule has 0 fully saturated rings. The highest BCUT2D eigenvalue weighted by molar-refractivity contribution is 5.85. The normalized spacial score (nSPS) is 11.6. The lowest BCUT2D eigenvalue weighted by molar-refractivity contribution is -0.137. The summed E-state index contributed by atoms with van der Waals surface area (Å²) in [7, 11) is 1.60. The second kappa shape index (κ2) is 10.2. The highest BCUT2D eigenvalue weighted by Gasteiger charge is 2.17. The number of ether oxygens (including phenoxy) is 1. The number of halogens is 3. The quantitative estimate of drug-likeness (QED) is 0.360. The molecule has 0 spiro atoms. The molecule has 3 aromatic heterocycles. The molecule has 0 aliphatic carbocycles. The van der Waals surface area contributed by atoms with E-state index in [9.17, 15) is 13.6 Å². The number of benzene rings is 1. The van der Waals surface area contributed by atoms with Crippen LogP contribution in [0.25, 0.3) is 22.8 Å². The van der Waals surface area contributed by atoms with Crippen molar-refractivity contribution in [1.82, 2.24) is 45.4 Å². The van der Waals surface area contributed by atoms with Crippen LogP contribution >= 0.6 is 12.4 Å². The maximum Gasteiger partial charge on any atom is 0.304 e. The molecule has 0 aliphatic heterocycles. The fourth-order valence-corrected chi connectivity index (χ4v) is 2.88. The minimum absolute atomic E-state index is 0. The summed E-state index contributed by atoms with van der Waals surface area (Å²) in [6.07, 6.45) is 1.05. The van der Waals surface area contributed by atoms with Gasteiger partial charge in [-0.15, -0.1) is 27.7 Å². The molecule has 0 bridgehead atoms. The van der Waals surface area contributed by atoms with Gasteiger partial charge in [0.2, 0.25) is 5.82 Å². The molecule has 0 aliphatic rings. The van der Waals surface area contributed by atoms with Crippen molar-refractivity contribution in [2.45, 2.75) is 19.0 Å². The van der Waals surface area contributed by atoms with Gasteiger partial charge in [-0.05, 0) is 33.8 Å². The Morgan fingerprint density at radius 3 is 2.65 bits per heavy atom. The number of hydrogen-bond acceptors (Lipinski definition) is 10. The highest BCUT2D eigenvalue weighted by atomic mass is 35.5. The monoisotopic (exact) mass is 494 g/mol. The third-order valence-electron chi connectivity index (χ3n) is 4.37. The van der Waals surface area contributed by atoms with Crippen molar-refractivity contribution in [3.8, 4) is 34.4 Å². The van der Waals surface area contributed by atoms with E-state index in [1.165, 1.54) is 23.0 Å². The first-order chi connectivity index (χ1) is 15.8. The summed E-state index contributed by atoms with van der Waals surface area (Å²) in [6.45, 7) is -0.00649. The van der Waals surface area contributed by atoms with Gasteiger partial charge >= 0.3 is 5.97 Å². The maximum atomic E-state index is 14.6. The minimum atomic E-state index is -1.06. The lowest BCUT2D eigenvalue weighted by Crippen LogP contribution is -2.30. The summed E-state index contributed by atoms with van der Waals surface area (Å²) in [5.74, 6) is -2.69. The van der Waals surface area contributed by atoms with Gasteiger partial charge < -0.3 is 15.6 Å². The fourth-order valence-electron chi connectivity index (χ4n) is 2.88. The largest absolute Gasteiger partial charge is 0.481 e. The Kier molecular flexibility index (Phi) is 7.37. The molecule has 16 heteroatoms. The minimum Gasteiger partial charge on any atom is -0.481 e. The van der Waals surface area contributed by atoms with E-state index < -0.39 is 23.6 Å². The number of nitrogens with two attached hydrogens (primary N) is 1. The predicted molar refractivity (Wildman–Crippen MR) is 113 cm³/mol. The van der Waals surface area contributed by atoms with E-state index >= 15 is 0 Å². The number of carboxylic acids is 1. The Morgan fingerprint density at radius 1 is 1.21 bits per heavy atom. The molecule has 4 aromatic rings. The summed E-state index contributed by atoms with van der Waals surface area (Å²) in [5.41, 5.74) is 6.04. The molecule has 13 nitrogen and oxygen atoms in total. The first-order valence-corrected chi connectivity index (χ1v) is 9.41. The molecule has 178 valence electrons. The number of pyridine rings is 1. The van der Waals surface area contributed by atoms with Gasteiger partial charge in [0, 0.05) is 30.9 Å². The van der Waals surface area contributed by atoms with Gasteiger partial charge in [0.15, 0.2) is 11.6 Å². The molecule has 0 radical (unpaired) electrons. The number of carbonyl (C=O) groups is 1.